The van der Waals surface area contributed by atoms with Gasteiger partial charge in [-0.2, -0.15) is 0 Å². The lowest BCUT2D eigenvalue weighted by Crippen LogP contribution is -2.44. The van der Waals surface area contributed by atoms with Crippen molar-refractivity contribution in [3.05, 3.63) is 78.5 Å². The van der Waals surface area contributed by atoms with Crippen LogP contribution in [0.4, 0.5) is 5.82 Å². The van der Waals surface area contributed by atoms with Crippen molar-refractivity contribution in [1.82, 2.24) is 34.5 Å². The summed E-state index contributed by atoms with van der Waals surface area (Å²) in [6.45, 7) is 6.93. The molecule has 4 heterocycles. The van der Waals surface area contributed by atoms with E-state index >= 15 is 0 Å². The number of pyridine rings is 1. The summed E-state index contributed by atoms with van der Waals surface area (Å²) in [6, 6.07) is 14.0. The smallest absolute Gasteiger partial charge is 0.140 e. The number of hydrogen-bond acceptors (Lipinski definition) is 9. The summed E-state index contributed by atoms with van der Waals surface area (Å²) in [7, 11) is 4.01. The monoisotopic (exact) mass is 539 g/mol. The maximum Gasteiger partial charge on any atom is 0.140 e. The molecule has 0 amide bonds. The Morgan fingerprint density at radius 1 is 1.05 bits per heavy atom. The Labute approximate surface area is 235 Å². The molecule has 1 saturated heterocycles. The largest absolute Gasteiger partial charge is 0.493 e. The topological polar surface area (TPSA) is 107 Å². The van der Waals surface area contributed by atoms with Crippen LogP contribution in [-0.4, -0.2) is 88.8 Å². The number of piperazine rings is 1. The van der Waals surface area contributed by atoms with Gasteiger partial charge >= 0.3 is 0 Å². The molecule has 10 nitrogen and oxygen atoms in total. The summed E-state index contributed by atoms with van der Waals surface area (Å²) in [6.07, 6.45) is 9.54. The molecule has 3 N–H and O–H groups in total. The third-order valence-corrected chi connectivity index (χ3v) is 7.11. The van der Waals surface area contributed by atoms with E-state index < -0.39 is 0 Å². The van der Waals surface area contributed by atoms with Crippen molar-refractivity contribution in [2.75, 3.05) is 58.7 Å². The highest BCUT2D eigenvalue weighted by atomic mass is 16.5. The van der Waals surface area contributed by atoms with Gasteiger partial charge in [-0.3, -0.25) is 4.40 Å². The summed E-state index contributed by atoms with van der Waals surface area (Å²) in [5.41, 5.74) is 5.43. The van der Waals surface area contributed by atoms with Crippen molar-refractivity contribution < 1.29 is 4.74 Å². The fourth-order valence-electron chi connectivity index (χ4n) is 4.76. The number of imidazole rings is 1. The van der Waals surface area contributed by atoms with Gasteiger partial charge in [0.05, 0.1) is 24.2 Å². The zero-order chi connectivity index (χ0) is 27.7. The molecule has 0 bridgehead atoms. The Morgan fingerprint density at radius 3 is 2.65 bits per heavy atom. The molecule has 4 aromatic rings. The van der Waals surface area contributed by atoms with E-state index in [-0.39, 0.29) is 0 Å². The molecule has 5 rings (SSSR count). The van der Waals surface area contributed by atoms with Gasteiger partial charge < -0.3 is 30.6 Å². The van der Waals surface area contributed by atoms with E-state index in [4.69, 9.17) is 10.1 Å². The van der Waals surface area contributed by atoms with Crippen LogP contribution in [0.15, 0.2) is 67.4 Å². The van der Waals surface area contributed by atoms with Gasteiger partial charge in [0.15, 0.2) is 0 Å². The van der Waals surface area contributed by atoms with E-state index in [0.717, 1.165) is 84.4 Å². The number of anilines is 1. The molecule has 0 atom stereocenters. The van der Waals surface area contributed by atoms with Crippen LogP contribution in [-0.2, 0) is 6.54 Å². The molecule has 40 heavy (non-hydrogen) atoms. The molecule has 0 saturated carbocycles. The van der Waals surface area contributed by atoms with Gasteiger partial charge in [0.1, 0.15) is 23.5 Å². The van der Waals surface area contributed by atoms with Crippen molar-refractivity contribution >= 4 is 23.3 Å². The number of benzene rings is 1. The van der Waals surface area contributed by atoms with Crippen molar-refractivity contribution in [1.29, 1.82) is 5.41 Å². The number of hydrogen-bond donors (Lipinski definition) is 3. The van der Waals surface area contributed by atoms with E-state index in [9.17, 15) is 0 Å². The fraction of sp³-hybridized carbons (Fsp3) is 0.333. The first kappa shape index (κ1) is 27.3. The number of ether oxygens (including phenoxy) is 1. The lowest BCUT2D eigenvalue weighted by molar-refractivity contribution is 0.145. The average molecular weight is 540 g/mol. The molecule has 0 unspecified atom stereocenters. The standard InChI is InChI=1S/C30H37N9O/c1-32-20-25(18-31)24-6-4-23(5-7-24)19-33-29-17-27(35-22-36-29)28-21-34-30-16-26(8-10-39(28)30)40-15-3-9-38-13-11-37(2)12-14-38/h4-8,10,16-18,20-22,31-32H,3,9,11-15,19H2,1-2H3,(H,33,35,36)/b25-20+,31-18?. The number of allylic oxidation sites excluding steroid dienone is 1. The van der Waals surface area contributed by atoms with E-state index in [2.05, 4.69) is 42.4 Å². The van der Waals surface area contributed by atoms with Gasteiger partial charge in [-0.25, -0.2) is 15.0 Å². The van der Waals surface area contributed by atoms with E-state index in [1.54, 1.807) is 6.33 Å². The fourth-order valence-corrected chi connectivity index (χ4v) is 4.76. The average Bonchev–Trinajstić information content (AvgIpc) is 3.42. The minimum atomic E-state index is 0.620. The number of nitrogens with one attached hydrogen (secondary N) is 3. The molecule has 1 aliphatic rings. The minimum Gasteiger partial charge on any atom is -0.493 e. The first-order valence-corrected chi connectivity index (χ1v) is 13.7. The zero-order valence-electron chi connectivity index (χ0n) is 23.2. The van der Waals surface area contributed by atoms with Gasteiger partial charge in [0.25, 0.3) is 0 Å². The molecule has 1 aromatic carbocycles. The Bertz CT molecular complexity index is 1440. The number of fused-ring (bicyclic) bond motifs is 1. The van der Waals surface area contributed by atoms with Gasteiger partial charge in [-0.1, -0.05) is 24.3 Å². The summed E-state index contributed by atoms with van der Waals surface area (Å²) in [4.78, 5) is 18.4. The van der Waals surface area contributed by atoms with Crippen LogP contribution in [0.5, 0.6) is 5.75 Å². The van der Waals surface area contributed by atoms with Crippen LogP contribution in [0.1, 0.15) is 17.5 Å². The van der Waals surface area contributed by atoms with Crippen LogP contribution < -0.4 is 15.4 Å². The third kappa shape index (κ3) is 6.83. The first-order chi connectivity index (χ1) is 19.6. The zero-order valence-corrected chi connectivity index (χ0v) is 23.2. The molecule has 3 aromatic heterocycles. The van der Waals surface area contributed by atoms with Crippen molar-refractivity contribution in [2.24, 2.45) is 0 Å². The van der Waals surface area contributed by atoms with Crippen LogP contribution in [0.25, 0.3) is 22.6 Å². The summed E-state index contributed by atoms with van der Waals surface area (Å²) >= 11 is 0. The molecule has 1 fully saturated rings. The highest BCUT2D eigenvalue weighted by Gasteiger charge is 2.13. The molecule has 10 heteroatoms. The molecule has 0 aliphatic carbocycles. The Kier molecular flexibility index (Phi) is 9.00. The van der Waals surface area contributed by atoms with Gasteiger partial charge in [0, 0.05) is 82.6 Å². The van der Waals surface area contributed by atoms with Crippen LogP contribution in [0.2, 0.25) is 0 Å². The van der Waals surface area contributed by atoms with Crippen LogP contribution in [0.3, 0.4) is 0 Å². The Balaban J connectivity index is 1.17. The highest BCUT2D eigenvalue weighted by Crippen LogP contribution is 2.23. The predicted octanol–water partition coefficient (Wildman–Crippen LogP) is 3.63. The third-order valence-electron chi connectivity index (χ3n) is 7.11. The summed E-state index contributed by atoms with van der Waals surface area (Å²) < 4.78 is 8.05. The molecule has 208 valence electrons. The number of likely N-dealkylation sites (N-methyl/N-ethyl adjacent to an activating group) is 1. The van der Waals surface area contributed by atoms with Crippen molar-refractivity contribution in [3.8, 4) is 17.1 Å². The lowest BCUT2D eigenvalue weighted by Gasteiger charge is -2.32. The second-order valence-corrected chi connectivity index (χ2v) is 9.95. The van der Waals surface area contributed by atoms with E-state index in [0.29, 0.717) is 13.2 Å². The maximum absolute atomic E-state index is 7.58. The second-order valence-electron chi connectivity index (χ2n) is 9.95. The molecule has 0 spiro atoms. The SMILES string of the molecule is CN/C=C(\C=N)c1ccc(CNc2cc(-c3cnc4cc(OCCCN5CCN(C)CC5)ccn34)ncn2)cc1. The van der Waals surface area contributed by atoms with Gasteiger partial charge in [-0.05, 0) is 30.7 Å². The van der Waals surface area contributed by atoms with Gasteiger partial charge in [-0.15, -0.1) is 0 Å². The minimum absolute atomic E-state index is 0.620. The summed E-state index contributed by atoms with van der Waals surface area (Å²) in [5.74, 6) is 1.56. The van der Waals surface area contributed by atoms with Crippen molar-refractivity contribution in [3.63, 3.8) is 0 Å². The molecule has 1 aliphatic heterocycles. The number of nitrogens with zero attached hydrogens (tertiary/aromatic N) is 6. The van der Waals surface area contributed by atoms with E-state index in [1.807, 2.05) is 72.5 Å². The normalized spacial score (nSPS) is 14.8. The van der Waals surface area contributed by atoms with E-state index in [1.165, 1.54) is 6.21 Å². The first-order valence-electron chi connectivity index (χ1n) is 13.7. The molecular formula is C30H37N9O. The molecular weight excluding hydrogens is 502 g/mol. The second kappa shape index (κ2) is 13.2. The quantitative estimate of drug-likeness (QED) is 0.185. The predicted molar refractivity (Wildman–Crippen MR) is 160 cm³/mol. The van der Waals surface area contributed by atoms with Crippen LogP contribution in [0, 0.1) is 5.41 Å². The number of rotatable bonds is 12. The highest BCUT2D eigenvalue weighted by molar-refractivity contribution is 6.08. The summed E-state index contributed by atoms with van der Waals surface area (Å²) in [5, 5.41) is 13.9. The number of aromatic nitrogens is 4. The van der Waals surface area contributed by atoms with Crippen LogP contribution >= 0.6 is 0 Å². The maximum atomic E-state index is 7.58. The Morgan fingerprint density at radius 2 is 1.88 bits per heavy atom. The van der Waals surface area contributed by atoms with Gasteiger partial charge in [0.2, 0.25) is 0 Å². The molecule has 0 radical (unpaired) electrons. The van der Waals surface area contributed by atoms with Crippen molar-refractivity contribution in [2.45, 2.75) is 13.0 Å². The lowest BCUT2D eigenvalue weighted by atomic mass is 10.1. The Hall–Kier alpha value is -4.28.